The maximum absolute atomic E-state index is 13.3. The Morgan fingerprint density at radius 2 is 1.13 bits per heavy atom. The summed E-state index contributed by atoms with van der Waals surface area (Å²) < 4.78 is 0. The molecule has 348 valence electrons. The standard InChI is InChI=1S/C25H39N3O2.C22H35BrO2.C3H5N3.CH4/c1-16-14-26-28(27-16)15-22(29)21-8-7-19-18-6-5-17-13-23(2,30)11-12-24(17,3)20(18)9-10-25(19,21)4;1-20(25)10-11-21(2)14(12-20)4-5-15-16-6-7-18(19(24)13-23)22(16,3)9-8-17(15)21;1-3-2-4-6-5-3;/h14,17-21,30H,5-13,15H2,1-4H3;14-18,25H,4-13H2,1-3H3;2H,1H3,(H,4,5,6);1H4/t17-,18+,19+,20+,21-,23-,24+,25+;14-,15+,16+,17+,18-,20-,21+,22+;;/m11../s1. The fourth-order valence-corrected chi connectivity index (χ4v) is 17.4. The molecule has 8 fully saturated rings. The Balaban J connectivity index is 0.000000164. The fourth-order valence-electron chi connectivity index (χ4n) is 17.0. The molecule has 0 aromatic carbocycles. The summed E-state index contributed by atoms with van der Waals surface area (Å²) in [4.78, 5) is 27.4. The van der Waals surface area contributed by atoms with Gasteiger partial charge in [0.25, 0.3) is 0 Å². The molecule has 8 aliphatic carbocycles. The third kappa shape index (κ3) is 8.61. The summed E-state index contributed by atoms with van der Waals surface area (Å²) in [7, 11) is 0. The van der Waals surface area contributed by atoms with E-state index >= 15 is 0 Å². The number of rotatable bonds is 5. The number of aromatic amines is 1. The van der Waals surface area contributed by atoms with E-state index < -0.39 is 11.2 Å². The highest BCUT2D eigenvalue weighted by Gasteiger charge is 2.63. The number of aryl methyl sites for hydroxylation is 2. The summed E-state index contributed by atoms with van der Waals surface area (Å²) in [5.41, 5.74) is 2.07. The molecule has 16 atom stereocenters. The maximum Gasteiger partial charge on any atom is 0.159 e. The number of Topliss-reactive ketones (excluding diaryl/α,β-unsaturated/α-hetero) is 2. The van der Waals surface area contributed by atoms with Crippen LogP contribution in [0.5, 0.6) is 0 Å². The number of hydrogen-bond donors (Lipinski definition) is 3. The highest BCUT2D eigenvalue weighted by molar-refractivity contribution is 9.09. The Labute approximate surface area is 382 Å². The lowest BCUT2D eigenvalue weighted by molar-refractivity contribution is -0.151. The number of carbonyl (C=O) groups excluding carboxylic acids is 2. The van der Waals surface area contributed by atoms with E-state index in [2.05, 4.69) is 69.2 Å². The van der Waals surface area contributed by atoms with Gasteiger partial charge in [-0.3, -0.25) is 9.59 Å². The minimum atomic E-state index is -0.468. The van der Waals surface area contributed by atoms with Gasteiger partial charge in [0.05, 0.1) is 40.3 Å². The number of alkyl halides is 1. The number of aromatic nitrogens is 6. The van der Waals surface area contributed by atoms with Gasteiger partial charge in [-0.05, 0) is 212 Å². The first-order valence-electron chi connectivity index (χ1n) is 24.5. The van der Waals surface area contributed by atoms with E-state index in [1.807, 2.05) is 27.7 Å². The second kappa shape index (κ2) is 17.7. The van der Waals surface area contributed by atoms with Crippen LogP contribution in [0.3, 0.4) is 0 Å². The SMILES string of the molecule is C.C[C@@]1(O)CC[C@@]2(C)[C@H](CC[C@@H]3[C@@H]2CC[C@]2(C)[C@@H](C(=O)CBr)CC[C@@H]32)C1.Cc1cn[nH]n1.Cc1cnn(CC(=O)[C@H]2CC[C@H]3[C@@H]4CC[C@@H]5C[C@](C)(O)CC[C@]5(C)[C@H]4CC[C@]23C)n1. The van der Waals surface area contributed by atoms with Gasteiger partial charge in [-0.15, -0.1) is 0 Å². The molecule has 0 unspecified atom stereocenters. The molecule has 0 spiro atoms. The highest BCUT2D eigenvalue weighted by Crippen LogP contribution is 2.70. The van der Waals surface area contributed by atoms with Crippen molar-refractivity contribution in [1.82, 2.24) is 30.4 Å². The van der Waals surface area contributed by atoms with E-state index in [9.17, 15) is 19.8 Å². The molecule has 62 heavy (non-hydrogen) atoms. The molecule has 10 nitrogen and oxygen atoms in total. The monoisotopic (exact) mass is 923 g/mol. The molecule has 0 amide bonds. The van der Waals surface area contributed by atoms with Gasteiger partial charge in [0.15, 0.2) is 5.78 Å². The van der Waals surface area contributed by atoms with Crippen molar-refractivity contribution in [2.75, 3.05) is 5.33 Å². The smallest absolute Gasteiger partial charge is 0.159 e. The summed E-state index contributed by atoms with van der Waals surface area (Å²) in [5, 5.41) is 40.1. The van der Waals surface area contributed by atoms with Crippen LogP contribution in [-0.2, 0) is 16.1 Å². The van der Waals surface area contributed by atoms with Crippen molar-refractivity contribution >= 4 is 27.5 Å². The Kier molecular flexibility index (Phi) is 13.7. The van der Waals surface area contributed by atoms with E-state index in [0.717, 1.165) is 79.5 Å². The first-order valence-corrected chi connectivity index (χ1v) is 25.6. The minimum absolute atomic E-state index is 0. The zero-order valence-corrected chi connectivity index (χ0v) is 40.5. The van der Waals surface area contributed by atoms with Gasteiger partial charge in [-0.2, -0.15) is 30.4 Å². The maximum atomic E-state index is 13.3. The Hall–Kier alpha value is -1.98. The van der Waals surface area contributed by atoms with E-state index in [4.69, 9.17) is 0 Å². The third-order valence-electron chi connectivity index (χ3n) is 20.3. The second-order valence-corrected chi connectivity index (χ2v) is 24.3. The summed E-state index contributed by atoms with van der Waals surface area (Å²) >= 11 is 3.43. The number of halogens is 1. The summed E-state index contributed by atoms with van der Waals surface area (Å²) in [5.74, 6) is 7.18. The predicted molar refractivity (Wildman–Crippen MR) is 248 cm³/mol. The van der Waals surface area contributed by atoms with Crippen molar-refractivity contribution in [3.63, 3.8) is 0 Å². The molecule has 3 N–H and O–H groups in total. The molecule has 10 rings (SSSR count). The molecular formula is C51H83BrN6O4. The molecule has 0 radical (unpaired) electrons. The van der Waals surface area contributed by atoms with Gasteiger partial charge in [-0.25, -0.2) is 0 Å². The Morgan fingerprint density at radius 3 is 1.53 bits per heavy atom. The van der Waals surface area contributed by atoms with Gasteiger partial charge in [0.1, 0.15) is 12.3 Å². The Morgan fingerprint density at radius 1 is 0.645 bits per heavy atom. The molecule has 8 saturated carbocycles. The highest BCUT2D eigenvalue weighted by atomic mass is 79.9. The van der Waals surface area contributed by atoms with Crippen molar-refractivity contribution in [3.05, 3.63) is 23.8 Å². The van der Waals surface area contributed by atoms with E-state index in [-0.39, 0.29) is 30.1 Å². The number of H-pyrrole nitrogens is 1. The van der Waals surface area contributed by atoms with Gasteiger partial charge < -0.3 is 10.2 Å². The number of carbonyl (C=O) groups is 2. The number of fused-ring (bicyclic) bond motifs is 10. The van der Waals surface area contributed by atoms with Crippen molar-refractivity contribution in [2.45, 2.75) is 196 Å². The van der Waals surface area contributed by atoms with Gasteiger partial charge in [0, 0.05) is 11.8 Å². The van der Waals surface area contributed by atoms with Gasteiger partial charge in [-0.1, -0.05) is 51.1 Å². The summed E-state index contributed by atoms with van der Waals surface area (Å²) in [6, 6.07) is 0. The molecule has 2 heterocycles. The van der Waals surface area contributed by atoms with E-state index in [1.165, 1.54) is 77.0 Å². The number of nitrogens with one attached hydrogen (secondary N) is 1. The van der Waals surface area contributed by atoms with Crippen molar-refractivity contribution in [1.29, 1.82) is 0 Å². The lowest BCUT2D eigenvalue weighted by Crippen LogP contribution is -2.55. The van der Waals surface area contributed by atoms with Crippen LogP contribution in [0.1, 0.15) is 176 Å². The largest absolute Gasteiger partial charge is 0.390 e. The van der Waals surface area contributed by atoms with Crippen LogP contribution >= 0.6 is 15.9 Å². The molecule has 2 aromatic rings. The molecule has 0 bridgehead atoms. The minimum Gasteiger partial charge on any atom is -0.390 e. The number of ketones is 2. The normalized spacial score (nSPS) is 46.3. The third-order valence-corrected chi connectivity index (χ3v) is 20.9. The molecule has 11 heteroatoms. The molecule has 0 saturated heterocycles. The van der Waals surface area contributed by atoms with Crippen LogP contribution in [0, 0.1) is 94.7 Å². The van der Waals surface area contributed by atoms with E-state index in [1.54, 1.807) is 17.2 Å². The second-order valence-electron chi connectivity index (χ2n) is 23.8. The van der Waals surface area contributed by atoms with Crippen molar-refractivity contribution < 1.29 is 19.8 Å². The van der Waals surface area contributed by atoms with Gasteiger partial charge in [0.2, 0.25) is 0 Å². The van der Waals surface area contributed by atoms with Crippen LogP contribution in [0.2, 0.25) is 0 Å². The van der Waals surface area contributed by atoms with Crippen LogP contribution in [0.25, 0.3) is 0 Å². The van der Waals surface area contributed by atoms with Crippen molar-refractivity contribution in [3.8, 4) is 0 Å². The first kappa shape index (κ1) is 48.0. The predicted octanol–water partition coefficient (Wildman–Crippen LogP) is 10.7. The fraction of sp³-hybridized carbons (Fsp3) is 0.882. The number of aliphatic hydroxyl groups is 2. The average Bonchev–Trinajstić information content (AvgIpc) is 4.01. The average molecular weight is 924 g/mol. The topological polar surface area (TPSA) is 147 Å². The zero-order chi connectivity index (χ0) is 43.8. The van der Waals surface area contributed by atoms with Crippen LogP contribution in [-0.4, -0.2) is 68.7 Å². The molecule has 0 aliphatic heterocycles. The van der Waals surface area contributed by atoms with Gasteiger partial charge >= 0.3 is 0 Å². The first-order chi connectivity index (χ1) is 28.7. The van der Waals surface area contributed by atoms with Crippen LogP contribution < -0.4 is 0 Å². The molecule has 8 aliphatic rings. The number of nitrogens with zero attached hydrogens (tertiary/aromatic N) is 5. The zero-order valence-electron chi connectivity index (χ0n) is 38.9. The quantitative estimate of drug-likeness (QED) is 0.251. The van der Waals surface area contributed by atoms with Crippen molar-refractivity contribution in [2.24, 2.45) is 80.8 Å². The Bertz CT molecular complexity index is 1880. The van der Waals surface area contributed by atoms with E-state index in [0.29, 0.717) is 52.0 Å². The lowest BCUT2D eigenvalue weighted by Gasteiger charge is -2.61. The van der Waals surface area contributed by atoms with Crippen LogP contribution in [0.4, 0.5) is 0 Å². The number of hydrogen-bond acceptors (Lipinski definition) is 8. The molecule has 2 aromatic heterocycles. The lowest BCUT2D eigenvalue weighted by atomic mass is 9.44. The molecular weight excluding hydrogens is 841 g/mol. The van der Waals surface area contributed by atoms with Crippen LogP contribution in [0.15, 0.2) is 12.4 Å². The summed E-state index contributed by atoms with van der Waals surface area (Å²) in [6.45, 7) is 18.1. The summed E-state index contributed by atoms with van der Waals surface area (Å²) in [6.07, 6.45) is 24.4.